The third-order valence-corrected chi connectivity index (χ3v) is 4.68. The summed E-state index contributed by atoms with van der Waals surface area (Å²) in [6.07, 6.45) is 0.402. The van der Waals surface area contributed by atoms with Gasteiger partial charge in [-0.05, 0) is 25.1 Å². The van der Waals surface area contributed by atoms with Crippen LogP contribution in [0.15, 0.2) is 29.3 Å². The highest BCUT2D eigenvalue weighted by Gasteiger charge is 2.13. The summed E-state index contributed by atoms with van der Waals surface area (Å²) < 4.78 is 11.0. The number of fused-ring (bicyclic) bond motifs is 1. The minimum atomic E-state index is -0.0379. The first-order valence-corrected chi connectivity index (χ1v) is 9.67. The van der Waals surface area contributed by atoms with E-state index in [0.717, 1.165) is 16.5 Å². The lowest BCUT2D eigenvalue weighted by Gasteiger charge is -2.19. The zero-order chi connectivity index (χ0) is 18.5. The van der Waals surface area contributed by atoms with Crippen LogP contribution in [-0.4, -0.2) is 34.8 Å². The van der Waals surface area contributed by atoms with E-state index >= 15 is 0 Å². The molecule has 26 heavy (non-hydrogen) atoms. The fourth-order valence-corrected chi connectivity index (χ4v) is 3.40. The summed E-state index contributed by atoms with van der Waals surface area (Å²) in [4.78, 5) is 21.2. The lowest BCUT2D eigenvalue weighted by Crippen LogP contribution is -2.16. The molecule has 3 rings (SSSR count). The summed E-state index contributed by atoms with van der Waals surface area (Å²) in [6.45, 7) is 7.19. The summed E-state index contributed by atoms with van der Waals surface area (Å²) in [7, 11) is 0. The molecular weight excluding hydrogens is 350 g/mol. The molecule has 0 atom stereocenters. The Labute approximate surface area is 157 Å². The van der Waals surface area contributed by atoms with Crippen molar-refractivity contribution < 1.29 is 14.3 Å². The monoisotopic (exact) mass is 373 g/mol. The van der Waals surface area contributed by atoms with Gasteiger partial charge < -0.3 is 14.8 Å². The zero-order valence-corrected chi connectivity index (χ0v) is 16.1. The lowest BCUT2D eigenvalue weighted by molar-refractivity contribution is -0.115. The van der Waals surface area contributed by atoms with Crippen LogP contribution in [0.25, 0.3) is 0 Å². The number of nitrogens with one attached hydrogen (secondary N) is 1. The van der Waals surface area contributed by atoms with Gasteiger partial charge in [0.25, 0.3) is 0 Å². The summed E-state index contributed by atoms with van der Waals surface area (Å²) in [5.74, 6) is 3.13. The number of aryl methyl sites for hydroxylation is 1. The van der Waals surface area contributed by atoms with Crippen LogP contribution in [0.1, 0.15) is 37.7 Å². The number of nitrogens with zero attached hydrogens (tertiary/aromatic N) is 2. The second kappa shape index (κ2) is 8.40. The quantitative estimate of drug-likeness (QED) is 0.613. The van der Waals surface area contributed by atoms with Crippen molar-refractivity contribution in [3.8, 4) is 11.5 Å². The predicted octanol–water partition coefficient (Wildman–Crippen LogP) is 3.80. The molecule has 0 fully saturated rings. The van der Waals surface area contributed by atoms with Gasteiger partial charge in [-0.25, -0.2) is 9.97 Å². The number of aromatic nitrogens is 2. The number of thioether (sulfide) groups is 1. The standard InChI is InChI=1S/C19H23N3O3S/c1-12(2)19-20-13(3)10-18(22-19)26-9-6-17(23)21-14-4-5-15-16(11-14)25-8-7-24-15/h4-5,10-12H,6-9H2,1-3H3,(H,21,23). The van der Waals surface area contributed by atoms with Gasteiger partial charge in [0.2, 0.25) is 5.91 Å². The molecule has 0 bridgehead atoms. The molecule has 6 nitrogen and oxygen atoms in total. The fraction of sp³-hybridized carbons (Fsp3) is 0.421. The molecule has 138 valence electrons. The maximum atomic E-state index is 12.2. The van der Waals surface area contributed by atoms with Gasteiger partial charge in [0.1, 0.15) is 19.0 Å². The molecule has 1 aromatic heterocycles. The Morgan fingerprint density at radius 3 is 2.73 bits per heavy atom. The van der Waals surface area contributed by atoms with Crippen molar-refractivity contribution >= 4 is 23.4 Å². The zero-order valence-electron chi connectivity index (χ0n) is 15.2. The highest BCUT2D eigenvalue weighted by molar-refractivity contribution is 7.99. The van der Waals surface area contributed by atoms with E-state index in [1.165, 1.54) is 0 Å². The van der Waals surface area contributed by atoms with E-state index in [-0.39, 0.29) is 11.8 Å². The Morgan fingerprint density at radius 2 is 1.96 bits per heavy atom. The number of hydrogen-bond donors (Lipinski definition) is 1. The van der Waals surface area contributed by atoms with E-state index in [1.54, 1.807) is 17.8 Å². The van der Waals surface area contributed by atoms with E-state index < -0.39 is 0 Å². The fourth-order valence-electron chi connectivity index (χ4n) is 2.49. The van der Waals surface area contributed by atoms with Gasteiger partial charge in [-0.15, -0.1) is 11.8 Å². The number of amides is 1. The van der Waals surface area contributed by atoms with Gasteiger partial charge >= 0.3 is 0 Å². The van der Waals surface area contributed by atoms with Crippen LogP contribution in [0.5, 0.6) is 11.5 Å². The van der Waals surface area contributed by atoms with Crippen LogP contribution >= 0.6 is 11.8 Å². The van der Waals surface area contributed by atoms with E-state index in [1.807, 2.05) is 25.1 Å². The van der Waals surface area contributed by atoms with Gasteiger partial charge in [0.05, 0.1) is 5.03 Å². The van der Waals surface area contributed by atoms with E-state index in [2.05, 4.69) is 29.1 Å². The van der Waals surface area contributed by atoms with Gasteiger partial charge in [-0.3, -0.25) is 4.79 Å². The number of carbonyl (C=O) groups is 1. The summed E-state index contributed by atoms with van der Waals surface area (Å²) in [6, 6.07) is 7.38. The van der Waals surface area contributed by atoms with Gasteiger partial charge in [0, 0.05) is 35.5 Å². The van der Waals surface area contributed by atoms with Crippen molar-refractivity contribution in [2.75, 3.05) is 24.3 Å². The topological polar surface area (TPSA) is 73.3 Å². The minimum Gasteiger partial charge on any atom is -0.486 e. The molecule has 0 unspecified atom stereocenters. The number of benzene rings is 1. The Balaban J connectivity index is 1.52. The maximum Gasteiger partial charge on any atom is 0.225 e. The molecule has 2 aromatic rings. The molecule has 1 amide bonds. The molecule has 1 N–H and O–H groups in total. The molecule has 1 aromatic carbocycles. The average molecular weight is 373 g/mol. The normalized spacial score (nSPS) is 12.9. The first kappa shape index (κ1) is 18.5. The largest absolute Gasteiger partial charge is 0.486 e. The molecule has 1 aliphatic rings. The lowest BCUT2D eigenvalue weighted by atomic mass is 10.2. The van der Waals surface area contributed by atoms with Gasteiger partial charge in [0.15, 0.2) is 11.5 Å². The van der Waals surface area contributed by atoms with Crippen LogP contribution in [-0.2, 0) is 4.79 Å². The first-order chi connectivity index (χ1) is 12.5. The summed E-state index contributed by atoms with van der Waals surface area (Å²) >= 11 is 1.57. The van der Waals surface area contributed by atoms with E-state index in [0.29, 0.717) is 42.6 Å². The van der Waals surface area contributed by atoms with Crippen molar-refractivity contribution in [2.24, 2.45) is 0 Å². The molecule has 1 aliphatic heterocycles. The maximum absolute atomic E-state index is 12.2. The van der Waals surface area contributed by atoms with Gasteiger partial charge in [-0.1, -0.05) is 13.8 Å². The second-order valence-electron chi connectivity index (χ2n) is 6.37. The van der Waals surface area contributed by atoms with E-state index in [4.69, 9.17) is 9.47 Å². The number of ether oxygens (including phenoxy) is 2. The first-order valence-electron chi connectivity index (χ1n) is 8.69. The average Bonchev–Trinajstić information content (AvgIpc) is 2.61. The van der Waals surface area contributed by atoms with Crippen molar-refractivity contribution in [2.45, 2.75) is 38.1 Å². The van der Waals surface area contributed by atoms with Crippen LogP contribution < -0.4 is 14.8 Å². The van der Waals surface area contributed by atoms with Crippen LogP contribution in [0, 0.1) is 6.92 Å². The molecule has 0 aliphatic carbocycles. The Bertz CT molecular complexity index is 796. The number of rotatable bonds is 6. The van der Waals surface area contributed by atoms with E-state index in [9.17, 15) is 4.79 Å². The Kier molecular flexibility index (Phi) is 5.98. The third kappa shape index (κ3) is 4.88. The molecule has 7 heteroatoms. The molecule has 0 saturated heterocycles. The molecule has 2 heterocycles. The Morgan fingerprint density at radius 1 is 1.19 bits per heavy atom. The predicted molar refractivity (Wildman–Crippen MR) is 102 cm³/mol. The highest BCUT2D eigenvalue weighted by Crippen LogP contribution is 2.32. The number of anilines is 1. The minimum absolute atomic E-state index is 0.0379. The number of carbonyl (C=O) groups excluding carboxylic acids is 1. The molecule has 0 spiro atoms. The van der Waals surface area contributed by atoms with Crippen molar-refractivity contribution in [3.05, 3.63) is 35.8 Å². The van der Waals surface area contributed by atoms with Crippen LogP contribution in [0.3, 0.4) is 0 Å². The third-order valence-electron chi connectivity index (χ3n) is 3.77. The van der Waals surface area contributed by atoms with Gasteiger partial charge in [-0.2, -0.15) is 0 Å². The van der Waals surface area contributed by atoms with Crippen LogP contribution in [0.4, 0.5) is 5.69 Å². The highest BCUT2D eigenvalue weighted by atomic mass is 32.2. The summed E-state index contributed by atoms with van der Waals surface area (Å²) in [5.41, 5.74) is 1.66. The SMILES string of the molecule is Cc1cc(SCCC(=O)Nc2ccc3c(c2)OCCO3)nc(C(C)C)n1. The molecule has 0 saturated carbocycles. The smallest absolute Gasteiger partial charge is 0.225 e. The van der Waals surface area contributed by atoms with Crippen molar-refractivity contribution in [1.29, 1.82) is 0 Å². The Hall–Kier alpha value is -2.28. The van der Waals surface area contributed by atoms with Crippen molar-refractivity contribution in [3.63, 3.8) is 0 Å². The molecule has 0 radical (unpaired) electrons. The van der Waals surface area contributed by atoms with Crippen LogP contribution in [0.2, 0.25) is 0 Å². The molecular formula is C19H23N3O3S. The van der Waals surface area contributed by atoms with Crippen molar-refractivity contribution in [1.82, 2.24) is 9.97 Å². The summed E-state index contributed by atoms with van der Waals surface area (Å²) in [5, 5.41) is 3.81. The second-order valence-corrected chi connectivity index (χ2v) is 7.48. The number of hydrogen-bond acceptors (Lipinski definition) is 6.